The summed E-state index contributed by atoms with van der Waals surface area (Å²) in [5.74, 6) is 0.664. The molecule has 14 heavy (non-hydrogen) atoms. The second kappa shape index (κ2) is 4.03. The van der Waals surface area contributed by atoms with Crippen molar-refractivity contribution in [2.24, 2.45) is 0 Å². The molecule has 0 atom stereocenters. The van der Waals surface area contributed by atoms with Crippen molar-refractivity contribution in [2.45, 2.75) is 6.54 Å². The monoisotopic (exact) mass is 340 g/mol. The van der Waals surface area contributed by atoms with Crippen LogP contribution < -0.4 is 5.73 Å². The number of rotatable bonds is 2. The number of aromatic nitrogens is 3. The summed E-state index contributed by atoms with van der Waals surface area (Å²) in [6.07, 6.45) is 3.36. The van der Waals surface area contributed by atoms with Gasteiger partial charge >= 0.3 is 0 Å². The van der Waals surface area contributed by atoms with Crippen LogP contribution in [0.15, 0.2) is 12.4 Å². The third-order valence-corrected chi connectivity index (χ3v) is 3.57. The van der Waals surface area contributed by atoms with Crippen molar-refractivity contribution in [2.75, 3.05) is 5.73 Å². The Morgan fingerprint density at radius 1 is 1.57 bits per heavy atom. The largest absolute Gasteiger partial charge is 0.383 e. The van der Waals surface area contributed by atoms with Crippen molar-refractivity contribution in [3.05, 3.63) is 25.3 Å². The zero-order valence-electron chi connectivity index (χ0n) is 6.94. The van der Waals surface area contributed by atoms with E-state index in [1.807, 2.05) is 0 Å². The normalized spacial score (nSPS) is 10.7. The summed E-state index contributed by atoms with van der Waals surface area (Å²) in [6, 6.07) is 0. The maximum Gasteiger partial charge on any atom is 0.135 e. The molecule has 74 valence electrons. The van der Waals surface area contributed by atoms with Crippen molar-refractivity contribution < 1.29 is 0 Å². The minimum Gasteiger partial charge on any atom is -0.383 e. The van der Waals surface area contributed by atoms with Crippen LogP contribution in [0.5, 0.6) is 0 Å². The number of halogens is 2. The number of nitrogen functional groups attached to an aromatic ring is 1. The molecule has 7 heteroatoms. The van der Waals surface area contributed by atoms with E-state index in [0.717, 1.165) is 8.58 Å². The Bertz CT molecular complexity index is 452. The summed E-state index contributed by atoms with van der Waals surface area (Å²) in [6.45, 7) is 0.576. The van der Waals surface area contributed by atoms with Crippen molar-refractivity contribution in [1.82, 2.24) is 14.8 Å². The van der Waals surface area contributed by atoms with Gasteiger partial charge in [-0.25, -0.2) is 9.67 Å². The Balaban J connectivity index is 2.22. The van der Waals surface area contributed by atoms with Gasteiger partial charge in [0.2, 0.25) is 0 Å². The van der Waals surface area contributed by atoms with Gasteiger partial charge in [0.05, 0.1) is 22.5 Å². The lowest BCUT2D eigenvalue weighted by Crippen LogP contribution is -2.05. The van der Waals surface area contributed by atoms with E-state index in [2.05, 4.69) is 32.7 Å². The Labute approximate surface area is 103 Å². The quantitative estimate of drug-likeness (QED) is 0.853. The third kappa shape index (κ3) is 2.01. The van der Waals surface area contributed by atoms with Crippen LogP contribution in [0.1, 0.15) is 5.01 Å². The number of hydrogen-bond acceptors (Lipinski definition) is 4. The molecule has 0 unspecified atom stereocenters. The van der Waals surface area contributed by atoms with Gasteiger partial charge in [0, 0.05) is 0 Å². The average Bonchev–Trinajstić information content (AvgIpc) is 2.67. The summed E-state index contributed by atoms with van der Waals surface area (Å²) in [4.78, 5) is 4.13. The van der Waals surface area contributed by atoms with E-state index in [0.29, 0.717) is 16.7 Å². The second-order valence-electron chi connectivity index (χ2n) is 2.59. The van der Waals surface area contributed by atoms with Gasteiger partial charge in [-0.1, -0.05) is 11.6 Å². The van der Waals surface area contributed by atoms with Crippen LogP contribution in [0.4, 0.5) is 5.82 Å². The molecule has 0 radical (unpaired) electrons. The highest BCUT2D eigenvalue weighted by atomic mass is 127. The van der Waals surface area contributed by atoms with Crippen LogP contribution >= 0.6 is 45.5 Å². The molecule has 0 saturated carbocycles. The molecule has 0 fully saturated rings. The molecular weight excluding hydrogens is 335 g/mol. The predicted octanol–water partition coefficient (Wildman–Crippen LogP) is 2.23. The summed E-state index contributed by atoms with van der Waals surface area (Å²) < 4.78 is 3.34. The highest BCUT2D eigenvalue weighted by molar-refractivity contribution is 14.1. The first-order valence-corrected chi connectivity index (χ1v) is 6.01. The van der Waals surface area contributed by atoms with Crippen LogP contribution in [0, 0.1) is 3.57 Å². The average molecular weight is 341 g/mol. The molecule has 2 heterocycles. The molecule has 0 aliphatic rings. The number of nitrogens with two attached hydrogens (primary N) is 1. The van der Waals surface area contributed by atoms with Gasteiger partial charge in [0.15, 0.2) is 0 Å². The Morgan fingerprint density at radius 3 is 2.86 bits per heavy atom. The van der Waals surface area contributed by atoms with Gasteiger partial charge in [-0.05, 0) is 22.6 Å². The van der Waals surface area contributed by atoms with Crippen LogP contribution in [-0.4, -0.2) is 14.8 Å². The Morgan fingerprint density at radius 2 is 2.36 bits per heavy atom. The van der Waals surface area contributed by atoms with E-state index in [9.17, 15) is 0 Å². The van der Waals surface area contributed by atoms with Gasteiger partial charge in [0.25, 0.3) is 0 Å². The molecule has 0 aliphatic heterocycles. The van der Waals surface area contributed by atoms with Crippen LogP contribution in [0.2, 0.25) is 4.34 Å². The highest BCUT2D eigenvalue weighted by Crippen LogP contribution is 2.21. The van der Waals surface area contributed by atoms with Crippen molar-refractivity contribution in [1.29, 1.82) is 0 Å². The summed E-state index contributed by atoms with van der Waals surface area (Å²) >= 11 is 9.34. The molecule has 0 bridgehead atoms. The first kappa shape index (κ1) is 10.2. The first-order chi connectivity index (χ1) is 6.66. The lowest BCUT2D eigenvalue weighted by molar-refractivity contribution is 0.693. The number of hydrogen-bond donors (Lipinski definition) is 1. The predicted molar refractivity (Wildman–Crippen MR) is 65.6 cm³/mol. The van der Waals surface area contributed by atoms with E-state index in [4.69, 9.17) is 17.3 Å². The van der Waals surface area contributed by atoms with Crippen molar-refractivity contribution in [3.8, 4) is 0 Å². The summed E-state index contributed by atoms with van der Waals surface area (Å²) in [5.41, 5.74) is 5.79. The van der Waals surface area contributed by atoms with Gasteiger partial charge in [-0.15, -0.1) is 11.3 Å². The van der Waals surface area contributed by atoms with Gasteiger partial charge < -0.3 is 5.73 Å². The number of anilines is 1. The summed E-state index contributed by atoms with van der Waals surface area (Å²) in [7, 11) is 0. The SMILES string of the molecule is Nc1c(I)cnn1Cc1ncc(Cl)s1. The second-order valence-corrected chi connectivity index (χ2v) is 5.50. The van der Waals surface area contributed by atoms with Crippen LogP contribution in [0.25, 0.3) is 0 Å². The van der Waals surface area contributed by atoms with Gasteiger partial charge in [0.1, 0.15) is 15.2 Å². The minimum absolute atomic E-state index is 0.576. The fourth-order valence-corrected chi connectivity index (χ4v) is 2.33. The molecule has 2 rings (SSSR count). The maximum atomic E-state index is 5.79. The number of thiazole rings is 1. The van der Waals surface area contributed by atoms with Crippen LogP contribution in [0.3, 0.4) is 0 Å². The molecule has 0 aromatic carbocycles. The Hall–Kier alpha value is -0.340. The third-order valence-electron chi connectivity index (χ3n) is 1.64. The van der Waals surface area contributed by atoms with Crippen molar-refractivity contribution in [3.63, 3.8) is 0 Å². The van der Waals surface area contributed by atoms with E-state index < -0.39 is 0 Å². The molecule has 0 spiro atoms. The van der Waals surface area contributed by atoms with Gasteiger partial charge in [-0.2, -0.15) is 5.10 Å². The first-order valence-electron chi connectivity index (χ1n) is 3.74. The zero-order chi connectivity index (χ0) is 10.1. The van der Waals surface area contributed by atoms with E-state index in [1.165, 1.54) is 11.3 Å². The molecule has 0 saturated heterocycles. The molecule has 0 amide bonds. The van der Waals surface area contributed by atoms with E-state index >= 15 is 0 Å². The lowest BCUT2D eigenvalue weighted by atomic mass is 10.6. The number of nitrogens with zero attached hydrogens (tertiary/aromatic N) is 3. The molecule has 2 N–H and O–H groups in total. The fourth-order valence-electron chi connectivity index (χ4n) is 0.987. The molecule has 0 aliphatic carbocycles. The molecule has 2 aromatic heterocycles. The molecular formula is C7H6ClIN4S. The minimum atomic E-state index is 0.576. The maximum absolute atomic E-state index is 5.79. The fraction of sp³-hybridized carbons (Fsp3) is 0.143. The van der Waals surface area contributed by atoms with E-state index in [-0.39, 0.29) is 0 Å². The summed E-state index contributed by atoms with van der Waals surface area (Å²) in [5, 5.41) is 5.03. The van der Waals surface area contributed by atoms with Crippen molar-refractivity contribution >= 4 is 51.3 Å². The van der Waals surface area contributed by atoms with E-state index in [1.54, 1.807) is 17.1 Å². The molecule has 4 nitrogen and oxygen atoms in total. The smallest absolute Gasteiger partial charge is 0.135 e. The Kier molecular flexibility index (Phi) is 2.93. The molecule has 2 aromatic rings. The topological polar surface area (TPSA) is 56.7 Å². The van der Waals surface area contributed by atoms with Gasteiger partial charge in [-0.3, -0.25) is 0 Å². The standard InChI is InChI=1S/C7H6ClIN4S/c8-5-2-11-6(14-5)3-13-7(10)4(9)1-12-13/h1-2H,3,10H2. The van der Waals surface area contributed by atoms with Crippen LogP contribution in [-0.2, 0) is 6.54 Å². The highest BCUT2D eigenvalue weighted by Gasteiger charge is 2.07. The lowest BCUT2D eigenvalue weighted by Gasteiger charge is -2.00. The zero-order valence-corrected chi connectivity index (χ0v) is 10.7.